The Morgan fingerprint density at radius 3 is 2.75 bits per heavy atom. The first-order valence-corrected chi connectivity index (χ1v) is 7.17. The number of para-hydroxylation sites is 1. The quantitative estimate of drug-likeness (QED) is 0.889. The molecule has 0 bridgehead atoms. The Kier molecular flexibility index (Phi) is 5.26. The molecule has 1 aromatic carbocycles. The molecule has 2 atom stereocenters. The maximum atomic E-state index is 12.1. The molecule has 2 aliphatic heterocycles. The summed E-state index contributed by atoms with van der Waals surface area (Å²) in [5, 5.41) is 6.42. The molecule has 0 aromatic heterocycles. The number of rotatable bonds is 3. The summed E-state index contributed by atoms with van der Waals surface area (Å²) in [6.45, 7) is 2.91. The van der Waals surface area contributed by atoms with Gasteiger partial charge < -0.3 is 15.5 Å². The van der Waals surface area contributed by atoms with Crippen molar-refractivity contribution < 1.29 is 4.79 Å². The van der Waals surface area contributed by atoms with E-state index in [0.29, 0.717) is 0 Å². The fourth-order valence-corrected chi connectivity index (χ4v) is 2.96. The van der Waals surface area contributed by atoms with Crippen LogP contribution in [0.25, 0.3) is 0 Å². The van der Waals surface area contributed by atoms with E-state index in [1.54, 1.807) is 0 Å². The molecular weight excluding hydrogens is 274 g/mol. The first-order valence-electron chi connectivity index (χ1n) is 7.17. The van der Waals surface area contributed by atoms with Crippen LogP contribution in [0.1, 0.15) is 19.3 Å². The molecule has 2 unspecified atom stereocenters. The molecule has 2 N–H and O–H groups in total. The lowest BCUT2D eigenvalue weighted by molar-refractivity contribution is -0.123. The molecule has 0 spiro atoms. The smallest absolute Gasteiger partial charge is 0.237 e. The van der Waals surface area contributed by atoms with Gasteiger partial charge in [-0.05, 0) is 37.9 Å². The second kappa shape index (κ2) is 6.95. The number of halogens is 1. The topological polar surface area (TPSA) is 44.4 Å². The van der Waals surface area contributed by atoms with Crippen LogP contribution in [-0.2, 0) is 4.79 Å². The van der Waals surface area contributed by atoms with Gasteiger partial charge in [0.2, 0.25) is 5.91 Å². The van der Waals surface area contributed by atoms with E-state index in [2.05, 4.69) is 39.8 Å². The zero-order chi connectivity index (χ0) is 13.1. The van der Waals surface area contributed by atoms with Gasteiger partial charge in [0, 0.05) is 24.8 Å². The normalized spacial score (nSPS) is 25.3. The Balaban J connectivity index is 0.00000147. The number of carbonyl (C=O) groups is 1. The van der Waals surface area contributed by atoms with Gasteiger partial charge in [0.05, 0.1) is 6.04 Å². The van der Waals surface area contributed by atoms with Crippen LogP contribution >= 0.6 is 12.4 Å². The van der Waals surface area contributed by atoms with Crippen molar-refractivity contribution in [3.63, 3.8) is 0 Å². The van der Waals surface area contributed by atoms with Crippen molar-refractivity contribution in [1.29, 1.82) is 0 Å². The van der Waals surface area contributed by atoms with Crippen LogP contribution in [0, 0.1) is 0 Å². The predicted molar refractivity (Wildman–Crippen MR) is 83.5 cm³/mol. The van der Waals surface area contributed by atoms with Crippen molar-refractivity contribution >= 4 is 24.0 Å². The van der Waals surface area contributed by atoms with Crippen LogP contribution in [0.5, 0.6) is 0 Å². The second-order valence-corrected chi connectivity index (χ2v) is 5.42. The summed E-state index contributed by atoms with van der Waals surface area (Å²) < 4.78 is 0. The van der Waals surface area contributed by atoms with Gasteiger partial charge in [-0.1, -0.05) is 18.2 Å². The van der Waals surface area contributed by atoms with E-state index in [4.69, 9.17) is 0 Å². The SMILES string of the molecule is Cl.O=C(NC1CCN(c2ccccc2)C1)C1CCCN1. The monoisotopic (exact) mass is 295 g/mol. The Hall–Kier alpha value is -1.26. The van der Waals surface area contributed by atoms with Gasteiger partial charge in [-0.3, -0.25) is 4.79 Å². The largest absolute Gasteiger partial charge is 0.369 e. The highest BCUT2D eigenvalue weighted by Gasteiger charge is 2.28. The number of carbonyl (C=O) groups excluding carboxylic acids is 1. The van der Waals surface area contributed by atoms with E-state index in [1.165, 1.54) is 5.69 Å². The molecule has 0 aliphatic carbocycles. The van der Waals surface area contributed by atoms with Crippen molar-refractivity contribution in [1.82, 2.24) is 10.6 Å². The lowest BCUT2D eigenvalue weighted by Gasteiger charge is -2.20. The maximum absolute atomic E-state index is 12.1. The number of benzene rings is 1. The highest BCUT2D eigenvalue weighted by Crippen LogP contribution is 2.19. The summed E-state index contributed by atoms with van der Waals surface area (Å²) >= 11 is 0. The van der Waals surface area contributed by atoms with E-state index in [1.807, 2.05) is 6.07 Å². The number of anilines is 1. The highest BCUT2D eigenvalue weighted by molar-refractivity contribution is 5.85. The van der Waals surface area contributed by atoms with Gasteiger partial charge in [-0.2, -0.15) is 0 Å². The lowest BCUT2D eigenvalue weighted by Crippen LogP contribution is -2.46. The summed E-state index contributed by atoms with van der Waals surface area (Å²) in [6, 6.07) is 10.7. The fraction of sp³-hybridized carbons (Fsp3) is 0.533. The minimum Gasteiger partial charge on any atom is -0.369 e. The molecule has 2 aliphatic rings. The summed E-state index contributed by atoms with van der Waals surface area (Å²) in [4.78, 5) is 14.4. The molecule has 1 aromatic rings. The minimum atomic E-state index is 0. The van der Waals surface area contributed by atoms with Crippen molar-refractivity contribution in [3.05, 3.63) is 30.3 Å². The number of nitrogens with one attached hydrogen (secondary N) is 2. The van der Waals surface area contributed by atoms with Crippen molar-refractivity contribution in [2.45, 2.75) is 31.3 Å². The third kappa shape index (κ3) is 3.44. The van der Waals surface area contributed by atoms with Gasteiger partial charge in [0.25, 0.3) is 0 Å². The molecule has 2 heterocycles. The third-order valence-electron chi connectivity index (χ3n) is 4.03. The van der Waals surface area contributed by atoms with Crippen molar-refractivity contribution in [2.24, 2.45) is 0 Å². The van der Waals surface area contributed by atoms with Crippen LogP contribution in [0.4, 0.5) is 5.69 Å². The molecule has 110 valence electrons. The van der Waals surface area contributed by atoms with Crippen LogP contribution in [-0.4, -0.2) is 37.6 Å². The van der Waals surface area contributed by atoms with E-state index < -0.39 is 0 Å². The zero-order valence-corrected chi connectivity index (χ0v) is 12.4. The van der Waals surface area contributed by atoms with E-state index in [0.717, 1.165) is 38.9 Å². The molecule has 2 saturated heterocycles. The summed E-state index contributed by atoms with van der Waals surface area (Å²) in [6.07, 6.45) is 3.12. The van der Waals surface area contributed by atoms with Crippen molar-refractivity contribution in [2.75, 3.05) is 24.5 Å². The Morgan fingerprint density at radius 1 is 1.25 bits per heavy atom. The number of hydrogen-bond acceptors (Lipinski definition) is 3. The predicted octanol–water partition coefficient (Wildman–Crippen LogP) is 1.56. The number of amides is 1. The maximum Gasteiger partial charge on any atom is 0.237 e. The van der Waals surface area contributed by atoms with Gasteiger partial charge in [-0.15, -0.1) is 12.4 Å². The van der Waals surface area contributed by atoms with Crippen LogP contribution in [0.15, 0.2) is 30.3 Å². The average Bonchev–Trinajstić information content (AvgIpc) is 3.11. The standard InChI is InChI=1S/C15H21N3O.ClH/c19-15(14-7-4-9-16-14)17-12-8-10-18(11-12)13-5-2-1-3-6-13;/h1-3,5-6,12,14,16H,4,7-11H2,(H,17,19);1H. The van der Waals surface area contributed by atoms with Gasteiger partial charge in [0.1, 0.15) is 0 Å². The van der Waals surface area contributed by atoms with E-state index >= 15 is 0 Å². The Morgan fingerprint density at radius 2 is 2.05 bits per heavy atom. The number of nitrogens with zero attached hydrogens (tertiary/aromatic N) is 1. The summed E-state index contributed by atoms with van der Waals surface area (Å²) in [5.74, 6) is 0.178. The first-order chi connectivity index (χ1) is 9.33. The fourth-order valence-electron chi connectivity index (χ4n) is 2.96. The highest BCUT2D eigenvalue weighted by atomic mass is 35.5. The molecule has 5 heteroatoms. The average molecular weight is 296 g/mol. The van der Waals surface area contributed by atoms with Gasteiger partial charge >= 0.3 is 0 Å². The molecule has 1 amide bonds. The van der Waals surface area contributed by atoms with Crippen LogP contribution in [0.3, 0.4) is 0 Å². The van der Waals surface area contributed by atoms with Crippen LogP contribution in [0.2, 0.25) is 0 Å². The van der Waals surface area contributed by atoms with Crippen LogP contribution < -0.4 is 15.5 Å². The summed E-state index contributed by atoms with van der Waals surface area (Å²) in [5.41, 5.74) is 1.25. The molecule has 3 rings (SSSR count). The zero-order valence-electron chi connectivity index (χ0n) is 11.5. The van der Waals surface area contributed by atoms with Crippen molar-refractivity contribution in [3.8, 4) is 0 Å². The minimum absolute atomic E-state index is 0. The molecule has 2 fully saturated rings. The molecule has 4 nitrogen and oxygen atoms in total. The number of hydrogen-bond donors (Lipinski definition) is 2. The Bertz CT molecular complexity index is 434. The van der Waals surface area contributed by atoms with Gasteiger partial charge in [0.15, 0.2) is 0 Å². The second-order valence-electron chi connectivity index (χ2n) is 5.42. The lowest BCUT2D eigenvalue weighted by atomic mass is 10.2. The van der Waals surface area contributed by atoms with Gasteiger partial charge in [-0.25, -0.2) is 0 Å². The molecular formula is C15H22ClN3O. The molecule has 0 saturated carbocycles. The third-order valence-corrected chi connectivity index (χ3v) is 4.03. The molecule has 0 radical (unpaired) electrons. The molecule has 20 heavy (non-hydrogen) atoms. The van der Waals surface area contributed by atoms with E-state index in [9.17, 15) is 4.79 Å². The first kappa shape index (κ1) is 15.1. The Labute approximate surface area is 126 Å². The summed E-state index contributed by atoms with van der Waals surface area (Å²) in [7, 11) is 0. The van der Waals surface area contributed by atoms with E-state index in [-0.39, 0.29) is 30.4 Å².